The fraction of sp³-hybridized carbons (Fsp3) is 0.235. The molecule has 0 aliphatic carbocycles. The van der Waals surface area contributed by atoms with E-state index in [2.05, 4.69) is 97.9 Å². The van der Waals surface area contributed by atoms with Crippen LogP contribution in [-0.4, -0.2) is 0 Å². The summed E-state index contributed by atoms with van der Waals surface area (Å²) in [6.07, 6.45) is 9.31. The summed E-state index contributed by atoms with van der Waals surface area (Å²) in [5, 5.41) is 13.4. The summed E-state index contributed by atoms with van der Waals surface area (Å²) in [7, 11) is 0. The van der Waals surface area contributed by atoms with Gasteiger partial charge in [-0.15, -0.1) is 0 Å². The van der Waals surface area contributed by atoms with Crippen LogP contribution in [0.2, 0.25) is 0 Å². The molecule has 0 spiro atoms. The Morgan fingerprint density at radius 3 is 1.62 bits per heavy atom. The topological polar surface area (TPSA) is 0 Å². The zero-order valence-corrected chi connectivity index (χ0v) is 20.1. The monoisotopic (exact) mass is 440 g/mol. The van der Waals surface area contributed by atoms with Crippen molar-refractivity contribution in [2.45, 2.75) is 51.9 Å². The molecule has 0 amide bonds. The summed E-state index contributed by atoms with van der Waals surface area (Å²) < 4.78 is 0. The fourth-order valence-electron chi connectivity index (χ4n) is 5.78. The third-order valence-corrected chi connectivity index (χ3v) is 7.62. The van der Waals surface area contributed by atoms with Crippen LogP contribution in [0.15, 0.2) is 91.0 Å². The maximum atomic E-state index is 2.41. The van der Waals surface area contributed by atoms with Gasteiger partial charge in [0.1, 0.15) is 0 Å². The lowest BCUT2D eigenvalue weighted by Gasteiger charge is -2.12. The highest BCUT2D eigenvalue weighted by Crippen LogP contribution is 2.37. The SMILES string of the molecule is CCCCCCCCc1ccc2c(ccc3c2ccc2c4ccc5ccccc5c4ccc32)c1. The lowest BCUT2D eigenvalue weighted by molar-refractivity contribution is 0.607. The number of hydrogen-bond donors (Lipinski definition) is 0. The molecule has 0 bridgehead atoms. The molecule has 6 aromatic rings. The van der Waals surface area contributed by atoms with Crippen LogP contribution >= 0.6 is 0 Å². The molecule has 0 N–H and O–H groups in total. The molecule has 0 nitrogen and oxygen atoms in total. The van der Waals surface area contributed by atoms with E-state index in [4.69, 9.17) is 0 Å². The Morgan fingerprint density at radius 1 is 0.412 bits per heavy atom. The van der Waals surface area contributed by atoms with Crippen LogP contribution in [0.4, 0.5) is 0 Å². The van der Waals surface area contributed by atoms with Crippen molar-refractivity contribution in [3.05, 3.63) is 96.6 Å². The minimum atomic E-state index is 1.19. The van der Waals surface area contributed by atoms with Gasteiger partial charge in [-0.05, 0) is 72.3 Å². The first-order chi connectivity index (χ1) is 16.8. The summed E-state index contributed by atoms with van der Waals surface area (Å²) in [4.78, 5) is 0. The standard InChI is InChI=1S/C34H32/c1-2-3-4-5-6-7-10-24-13-16-28-26(23-24)15-18-32-30(28)20-22-33-31-17-14-25-11-8-9-12-27(25)29(31)19-21-34(32)33/h8-9,11-23H,2-7,10H2,1H3. The van der Waals surface area contributed by atoms with Crippen molar-refractivity contribution in [2.75, 3.05) is 0 Å². The van der Waals surface area contributed by atoms with Gasteiger partial charge in [-0.1, -0.05) is 130 Å². The molecule has 6 rings (SSSR count). The molecule has 0 aliphatic rings. The van der Waals surface area contributed by atoms with Gasteiger partial charge in [0.05, 0.1) is 0 Å². The highest BCUT2D eigenvalue weighted by molar-refractivity contribution is 6.24. The fourth-order valence-corrected chi connectivity index (χ4v) is 5.78. The molecule has 0 unspecified atom stereocenters. The second-order valence-corrected chi connectivity index (χ2v) is 9.84. The Morgan fingerprint density at radius 2 is 0.912 bits per heavy atom. The number of benzene rings is 6. The number of aryl methyl sites for hydroxylation is 1. The van der Waals surface area contributed by atoms with Crippen molar-refractivity contribution < 1.29 is 0 Å². The minimum Gasteiger partial charge on any atom is -0.0654 e. The minimum absolute atomic E-state index is 1.19. The molecule has 0 radical (unpaired) electrons. The second kappa shape index (κ2) is 9.11. The lowest BCUT2D eigenvalue weighted by Crippen LogP contribution is -1.88. The smallest absolute Gasteiger partial charge is 0.00987 e. The Hall–Kier alpha value is -3.38. The van der Waals surface area contributed by atoms with Crippen molar-refractivity contribution >= 4 is 53.9 Å². The first-order valence-corrected chi connectivity index (χ1v) is 13.0. The molecule has 0 heterocycles. The van der Waals surface area contributed by atoms with Crippen LogP contribution in [0.3, 0.4) is 0 Å². The van der Waals surface area contributed by atoms with Gasteiger partial charge in [0, 0.05) is 0 Å². The summed E-state index contributed by atoms with van der Waals surface area (Å²) in [6.45, 7) is 2.28. The molecule has 0 atom stereocenters. The van der Waals surface area contributed by atoms with E-state index in [0.29, 0.717) is 0 Å². The quantitative estimate of drug-likeness (QED) is 0.171. The molecule has 0 fully saturated rings. The zero-order chi connectivity index (χ0) is 22.9. The van der Waals surface area contributed by atoms with Gasteiger partial charge in [0.2, 0.25) is 0 Å². The molecule has 0 saturated heterocycles. The largest absolute Gasteiger partial charge is 0.0654 e. The molecule has 34 heavy (non-hydrogen) atoms. The molecule has 0 aromatic heterocycles. The number of rotatable bonds is 7. The normalized spacial score (nSPS) is 11.9. The highest BCUT2D eigenvalue weighted by atomic mass is 14.1. The Balaban J connectivity index is 1.39. The Kier molecular flexibility index (Phi) is 5.67. The maximum Gasteiger partial charge on any atom is -0.00987 e. The van der Waals surface area contributed by atoms with Crippen molar-refractivity contribution in [2.24, 2.45) is 0 Å². The van der Waals surface area contributed by atoms with E-state index < -0.39 is 0 Å². The predicted molar refractivity (Wildman–Crippen MR) is 151 cm³/mol. The van der Waals surface area contributed by atoms with Gasteiger partial charge in [0.25, 0.3) is 0 Å². The average Bonchev–Trinajstić information content (AvgIpc) is 2.89. The summed E-state index contributed by atoms with van der Waals surface area (Å²) in [5.74, 6) is 0. The molecule has 168 valence electrons. The Labute approximate surface area is 202 Å². The van der Waals surface area contributed by atoms with Gasteiger partial charge in [-0.3, -0.25) is 0 Å². The van der Waals surface area contributed by atoms with Gasteiger partial charge in [-0.2, -0.15) is 0 Å². The van der Waals surface area contributed by atoms with Crippen LogP contribution in [0.1, 0.15) is 51.0 Å². The van der Waals surface area contributed by atoms with Crippen LogP contribution in [0, 0.1) is 0 Å². The van der Waals surface area contributed by atoms with Crippen LogP contribution in [-0.2, 0) is 6.42 Å². The van der Waals surface area contributed by atoms with Crippen LogP contribution < -0.4 is 0 Å². The first kappa shape index (κ1) is 21.2. The Bertz CT molecular complexity index is 1640. The molecular formula is C34H32. The van der Waals surface area contributed by atoms with Crippen LogP contribution in [0.5, 0.6) is 0 Å². The van der Waals surface area contributed by atoms with E-state index in [-0.39, 0.29) is 0 Å². The van der Waals surface area contributed by atoms with Crippen molar-refractivity contribution in [3.8, 4) is 0 Å². The summed E-state index contributed by atoms with van der Waals surface area (Å²) >= 11 is 0. The van der Waals surface area contributed by atoms with Gasteiger partial charge in [0.15, 0.2) is 0 Å². The van der Waals surface area contributed by atoms with E-state index in [0.717, 1.165) is 0 Å². The number of unbranched alkanes of at least 4 members (excludes halogenated alkanes) is 5. The average molecular weight is 441 g/mol. The van der Waals surface area contributed by atoms with Gasteiger partial charge >= 0.3 is 0 Å². The van der Waals surface area contributed by atoms with E-state index in [1.165, 1.54) is 104 Å². The predicted octanol–water partition coefficient (Wildman–Crippen LogP) is 10.4. The summed E-state index contributed by atoms with van der Waals surface area (Å²) in [6, 6.07) is 34.3. The van der Waals surface area contributed by atoms with Crippen molar-refractivity contribution in [3.63, 3.8) is 0 Å². The number of hydrogen-bond acceptors (Lipinski definition) is 0. The van der Waals surface area contributed by atoms with E-state index >= 15 is 0 Å². The molecule has 0 heteroatoms. The molecule has 6 aromatic carbocycles. The van der Waals surface area contributed by atoms with E-state index in [1.807, 2.05) is 0 Å². The third-order valence-electron chi connectivity index (χ3n) is 7.62. The van der Waals surface area contributed by atoms with E-state index in [9.17, 15) is 0 Å². The van der Waals surface area contributed by atoms with E-state index in [1.54, 1.807) is 0 Å². The van der Waals surface area contributed by atoms with Gasteiger partial charge in [-0.25, -0.2) is 0 Å². The molecular weight excluding hydrogens is 408 g/mol. The van der Waals surface area contributed by atoms with Crippen molar-refractivity contribution in [1.82, 2.24) is 0 Å². The zero-order valence-electron chi connectivity index (χ0n) is 20.1. The highest BCUT2D eigenvalue weighted by Gasteiger charge is 2.09. The lowest BCUT2D eigenvalue weighted by atomic mass is 9.92. The third kappa shape index (κ3) is 3.72. The second-order valence-electron chi connectivity index (χ2n) is 9.84. The first-order valence-electron chi connectivity index (χ1n) is 13.0. The molecule has 0 aliphatic heterocycles. The maximum absolute atomic E-state index is 2.41. The van der Waals surface area contributed by atoms with Gasteiger partial charge < -0.3 is 0 Å². The van der Waals surface area contributed by atoms with Crippen LogP contribution in [0.25, 0.3) is 53.9 Å². The number of fused-ring (bicyclic) bond motifs is 9. The summed E-state index contributed by atoms with van der Waals surface area (Å²) in [5.41, 5.74) is 1.47. The van der Waals surface area contributed by atoms with Crippen molar-refractivity contribution in [1.29, 1.82) is 0 Å². The molecule has 0 saturated carbocycles.